The zero-order valence-corrected chi connectivity index (χ0v) is 14.8. The molecule has 3 rings (SSSR count). The van der Waals surface area contributed by atoms with E-state index in [1.54, 1.807) is 18.6 Å². The molecule has 130 valence electrons. The number of nitrogens with zero attached hydrogens (tertiary/aromatic N) is 5. The van der Waals surface area contributed by atoms with Gasteiger partial charge in [-0.05, 0) is 31.2 Å². The Morgan fingerprint density at radius 1 is 1.38 bits per heavy atom. The van der Waals surface area contributed by atoms with Gasteiger partial charge in [0.1, 0.15) is 6.17 Å². The third-order valence-electron chi connectivity index (χ3n) is 4.58. The molecule has 0 N–H and O–H groups in total. The Balaban J connectivity index is 1.61. The third-order valence-corrected chi connectivity index (χ3v) is 4.92. The lowest BCUT2D eigenvalue weighted by Gasteiger charge is -2.28. The molecule has 0 amide bonds. The van der Waals surface area contributed by atoms with Crippen LogP contribution in [0, 0.1) is 0 Å². The number of likely N-dealkylation sites (N-methyl/N-ethyl adjacent to an activating group) is 1. The Kier molecular flexibility index (Phi) is 5.48. The van der Waals surface area contributed by atoms with E-state index in [1.165, 1.54) is 0 Å². The molecule has 24 heavy (non-hydrogen) atoms. The van der Waals surface area contributed by atoms with E-state index in [-0.39, 0.29) is 6.04 Å². The quantitative estimate of drug-likeness (QED) is 0.801. The summed E-state index contributed by atoms with van der Waals surface area (Å²) in [5.41, 5.74) is 2.15. The Morgan fingerprint density at radius 3 is 2.92 bits per heavy atom. The lowest BCUT2D eigenvalue weighted by atomic mass is 10.1. The zero-order valence-electron chi connectivity index (χ0n) is 14.1. The minimum Gasteiger partial charge on any atom is -0.301 e. The van der Waals surface area contributed by atoms with Crippen LogP contribution in [0.4, 0.5) is 4.39 Å². The van der Waals surface area contributed by atoms with Crippen molar-refractivity contribution in [3.63, 3.8) is 0 Å². The van der Waals surface area contributed by atoms with Crippen molar-refractivity contribution in [1.29, 1.82) is 0 Å². The fraction of sp³-hybridized carbons (Fsp3) is 0.529. The molecular formula is C17H23ClFN5. The summed E-state index contributed by atoms with van der Waals surface area (Å²) in [6.07, 6.45) is 5.00. The molecule has 1 fully saturated rings. The highest BCUT2D eigenvalue weighted by Gasteiger charge is 2.33. The van der Waals surface area contributed by atoms with Crippen molar-refractivity contribution >= 4 is 11.6 Å². The van der Waals surface area contributed by atoms with E-state index in [0.29, 0.717) is 18.0 Å². The van der Waals surface area contributed by atoms with Crippen molar-refractivity contribution in [3.8, 4) is 0 Å². The maximum Gasteiger partial charge on any atom is 0.114 e. The van der Waals surface area contributed by atoms with Crippen molar-refractivity contribution in [1.82, 2.24) is 24.6 Å². The summed E-state index contributed by atoms with van der Waals surface area (Å²) >= 11 is 6.18. The van der Waals surface area contributed by atoms with Crippen molar-refractivity contribution in [2.75, 3.05) is 20.1 Å². The first-order chi connectivity index (χ1) is 11.5. The molecule has 1 aliphatic heterocycles. The predicted molar refractivity (Wildman–Crippen MR) is 92.5 cm³/mol. The van der Waals surface area contributed by atoms with Crippen molar-refractivity contribution < 1.29 is 4.39 Å². The number of pyridine rings is 1. The third kappa shape index (κ3) is 4.12. The molecule has 1 aliphatic rings. The van der Waals surface area contributed by atoms with Gasteiger partial charge in [-0.15, -0.1) is 0 Å². The molecular weight excluding hydrogens is 329 g/mol. The van der Waals surface area contributed by atoms with Gasteiger partial charge in [-0.2, -0.15) is 5.10 Å². The van der Waals surface area contributed by atoms with Gasteiger partial charge in [-0.1, -0.05) is 11.6 Å². The maximum atomic E-state index is 14.0. The number of aromatic nitrogens is 3. The molecule has 0 unspecified atom stereocenters. The van der Waals surface area contributed by atoms with E-state index < -0.39 is 6.17 Å². The fourth-order valence-electron chi connectivity index (χ4n) is 3.32. The average molecular weight is 352 g/mol. The van der Waals surface area contributed by atoms with Gasteiger partial charge in [0.2, 0.25) is 0 Å². The molecule has 7 heteroatoms. The Morgan fingerprint density at radius 2 is 2.21 bits per heavy atom. The summed E-state index contributed by atoms with van der Waals surface area (Å²) < 4.78 is 15.8. The van der Waals surface area contributed by atoms with Crippen LogP contribution >= 0.6 is 11.6 Å². The molecule has 0 spiro atoms. The minimum absolute atomic E-state index is 0.195. The van der Waals surface area contributed by atoms with E-state index in [0.717, 1.165) is 30.9 Å². The lowest BCUT2D eigenvalue weighted by Crippen LogP contribution is -2.38. The van der Waals surface area contributed by atoms with E-state index in [9.17, 15) is 4.39 Å². The predicted octanol–water partition coefficient (Wildman–Crippen LogP) is 2.51. The summed E-state index contributed by atoms with van der Waals surface area (Å²) in [5, 5.41) is 4.87. The number of rotatable bonds is 6. The van der Waals surface area contributed by atoms with Gasteiger partial charge in [0.15, 0.2) is 0 Å². The maximum absolute atomic E-state index is 14.0. The SMILES string of the molecule is CN(Cc1ccncc1Cl)C[C@@H]1C[C@H](F)CN1Cc1ccnn1C. The number of hydrogen-bond acceptors (Lipinski definition) is 4. The number of likely N-dealkylation sites (tertiary alicyclic amines) is 1. The smallest absolute Gasteiger partial charge is 0.114 e. The molecule has 2 aromatic heterocycles. The van der Waals surface area contributed by atoms with Gasteiger partial charge in [0, 0.05) is 57.9 Å². The molecule has 2 atom stereocenters. The van der Waals surface area contributed by atoms with E-state index in [4.69, 9.17) is 11.6 Å². The number of aryl methyl sites for hydroxylation is 1. The molecule has 0 radical (unpaired) electrons. The van der Waals surface area contributed by atoms with Crippen molar-refractivity contribution in [2.45, 2.75) is 31.7 Å². The number of halogens is 2. The van der Waals surface area contributed by atoms with E-state index in [1.807, 2.05) is 30.9 Å². The Hall–Kier alpha value is -1.50. The highest BCUT2D eigenvalue weighted by molar-refractivity contribution is 6.31. The van der Waals surface area contributed by atoms with Gasteiger partial charge < -0.3 is 4.90 Å². The van der Waals surface area contributed by atoms with Gasteiger partial charge in [-0.3, -0.25) is 14.6 Å². The number of hydrogen-bond donors (Lipinski definition) is 0. The first-order valence-corrected chi connectivity index (χ1v) is 8.52. The first kappa shape index (κ1) is 17.3. The zero-order chi connectivity index (χ0) is 17.1. The molecule has 1 saturated heterocycles. The van der Waals surface area contributed by atoms with Crippen molar-refractivity contribution in [3.05, 3.63) is 47.0 Å². The lowest BCUT2D eigenvalue weighted by molar-refractivity contribution is 0.177. The summed E-state index contributed by atoms with van der Waals surface area (Å²) in [4.78, 5) is 8.42. The molecule has 0 saturated carbocycles. The van der Waals surface area contributed by atoms with Crippen LogP contribution in [0.15, 0.2) is 30.7 Å². The van der Waals surface area contributed by atoms with Crippen LogP contribution in [0.5, 0.6) is 0 Å². The molecule has 2 aromatic rings. The summed E-state index contributed by atoms with van der Waals surface area (Å²) in [5.74, 6) is 0. The largest absolute Gasteiger partial charge is 0.301 e. The van der Waals surface area contributed by atoms with Crippen LogP contribution in [0.25, 0.3) is 0 Å². The van der Waals surface area contributed by atoms with Gasteiger partial charge in [0.05, 0.1) is 10.7 Å². The van der Waals surface area contributed by atoms with E-state index >= 15 is 0 Å². The van der Waals surface area contributed by atoms with Crippen LogP contribution in [0.1, 0.15) is 17.7 Å². The van der Waals surface area contributed by atoms with Gasteiger partial charge in [0.25, 0.3) is 0 Å². The Bertz CT molecular complexity index is 677. The van der Waals surface area contributed by atoms with Crippen LogP contribution in [0.3, 0.4) is 0 Å². The molecule has 0 bridgehead atoms. The topological polar surface area (TPSA) is 37.2 Å². The molecule has 5 nitrogen and oxygen atoms in total. The van der Waals surface area contributed by atoms with Gasteiger partial charge >= 0.3 is 0 Å². The Labute approximate surface area is 147 Å². The fourth-order valence-corrected chi connectivity index (χ4v) is 3.50. The number of alkyl halides is 1. The highest BCUT2D eigenvalue weighted by atomic mass is 35.5. The monoisotopic (exact) mass is 351 g/mol. The van der Waals surface area contributed by atoms with Gasteiger partial charge in [-0.25, -0.2) is 4.39 Å². The first-order valence-electron chi connectivity index (χ1n) is 8.15. The van der Waals surface area contributed by atoms with Crippen molar-refractivity contribution in [2.24, 2.45) is 7.05 Å². The standard InChI is InChI=1S/C17H23ClFN5/c1-22(9-13-3-5-20-8-17(13)18)11-16-7-14(19)10-24(16)12-15-4-6-21-23(15)2/h3-6,8,14,16H,7,9-12H2,1-2H3/t14-,16-/m0/s1. The van der Waals surface area contributed by atoms with Crippen LogP contribution < -0.4 is 0 Å². The second kappa shape index (κ2) is 7.59. The van der Waals surface area contributed by atoms with Crippen LogP contribution in [-0.4, -0.2) is 56.9 Å². The average Bonchev–Trinajstić information content (AvgIpc) is 3.08. The second-order valence-corrected chi connectivity index (χ2v) is 6.93. The van der Waals surface area contributed by atoms with Crippen LogP contribution in [0.2, 0.25) is 5.02 Å². The highest BCUT2D eigenvalue weighted by Crippen LogP contribution is 2.24. The second-order valence-electron chi connectivity index (χ2n) is 6.53. The normalized spacial score (nSPS) is 21.7. The summed E-state index contributed by atoms with van der Waals surface area (Å²) in [6.45, 7) is 2.75. The molecule has 3 heterocycles. The molecule has 0 aliphatic carbocycles. The van der Waals surface area contributed by atoms with Crippen LogP contribution in [-0.2, 0) is 20.1 Å². The summed E-state index contributed by atoms with van der Waals surface area (Å²) in [6, 6.07) is 4.11. The summed E-state index contributed by atoms with van der Waals surface area (Å²) in [7, 11) is 3.97. The van der Waals surface area contributed by atoms with E-state index in [2.05, 4.69) is 19.9 Å². The molecule has 0 aromatic carbocycles. The minimum atomic E-state index is -0.763.